The highest BCUT2D eigenvalue weighted by Gasteiger charge is 2.37. The molecule has 2 aromatic carbocycles. The van der Waals surface area contributed by atoms with Crippen molar-refractivity contribution in [2.24, 2.45) is 5.41 Å². The van der Waals surface area contributed by atoms with Crippen molar-refractivity contribution in [2.45, 2.75) is 78.3 Å². The number of anilines is 1. The second kappa shape index (κ2) is 12.8. The molecule has 0 radical (unpaired) electrons. The number of rotatable bonds is 10. The van der Waals surface area contributed by atoms with Gasteiger partial charge in [-0.1, -0.05) is 38.9 Å². The van der Waals surface area contributed by atoms with Crippen molar-refractivity contribution in [1.82, 2.24) is 20.2 Å². The molecule has 0 atom stereocenters. The summed E-state index contributed by atoms with van der Waals surface area (Å²) < 4.78 is 87.8. The Hall–Kier alpha value is -3.61. The van der Waals surface area contributed by atoms with Crippen molar-refractivity contribution in [1.29, 1.82) is 0 Å². The van der Waals surface area contributed by atoms with E-state index in [2.05, 4.69) is 49.2 Å². The van der Waals surface area contributed by atoms with E-state index in [9.17, 15) is 31.4 Å². The van der Waals surface area contributed by atoms with Gasteiger partial charge in [-0.3, -0.25) is 0 Å². The second-order valence-corrected chi connectivity index (χ2v) is 12.2. The van der Waals surface area contributed by atoms with Gasteiger partial charge < -0.3 is 14.7 Å². The highest BCUT2D eigenvalue weighted by atomic mass is 19.4. The van der Waals surface area contributed by atoms with E-state index in [1.54, 1.807) is 7.11 Å². The van der Waals surface area contributed by atoms with E-state index in [-0.39, 0.29) is 55.2 Å². The summed E-state index contributed by atoms with van der Waals surface area (Å²) in [6, 6.07) is 7.55. The van der Waals surface area contributed by atoms with Crippen molar-refractivity contribution in [2.75, 3.05) is 25.2 Å². The molecule has 240 valence electrons. The molecule has 0 spiro atoms. The fourth-order valence-electron chi connectivity index (χ4n) is 5.51. The summed E-state index contributed by atoms with van der Waals surface area (Å²) in [4.78, 5) is 2.66. The number of aliphatic hydroxyl groups is 1. The molecular weight excluding hydrogens is 588 g/mol. The van der Waals surface area contributed by atoms with Crippen molar-refractivity contribution in [3.63, 3.8) is 0 Å². The molecule has 4 rings (SSSR count). The van der Waals surface area contributed by atoms with Gasteiger partial charge in [-0.25, -0.2) is 0 Å². The van der Waals surface area contributed by atoms with Crippen molar-refractivity contribution in [3.8, 4) is 5.75 Å². The SMILES string of the molecule is COc1ccc(C(C)C)cc1C1=C(CN(Cc2cc(C(F)(F)F)cc(C(F)(F)F)c2)c2nnn(CCO)n2)CC(C)(C)CC1. The Morgan fingerprint density at radius 2 is 1.66 bits per heavy atom. The summed E-state index contributed by atoms with van der Waals surface area (Å²) in [6.45, 7) is 7.91. The van der Waals surface area contributed by atoms with E-state index >= 15 is 0 Å². The lowest BCUT2D eigenvalue weighted by atomic mass is 9.72. The van der Waals surface area contributed by atoms with Crippen LogP contribution in [0.3, 0.4) is 0 Å². The largest absolute Gasteiger partial charge is 0.496 e. The molecular formula is C31H37F6N5O2. The highest BCUT2D eigenvalue weighted by Crippen LogP contribution is 2.45. The van der Waals surface area contributed by atoms with E-state index in [1.165, 1.54) is 4.90 Å². The topological polar surface area (TPSA) is 76.3 Å². The lowest BCUT2D eigenvalue weighted by Gasteiger charge is -2.36. The molecule has 0 saturated carbocycles. The average Bonchev–Trinajstić information content (AvgIpc) is 3.40. The van der Waals surface area contributed by atoms with Gasteiger partial charge in [0.25, 0.3) is 5.95 Å². The van der Waals surface area contributed by atoms with Gasteiger partial charge in [-0.15, -0.1) is 5.10 Å². The van der Waals surface area contributed by atoms with E-state index in [1.807, 2.05) is 12.1 Å². The maximum absolute atomic E-state index is 13.7. The zero-order valence-corrected chi connectivity index (χ0v) is 25.4. The van der Waals surface area contributed by atoms with Crippen LogP contribution in [-0.4, -0.2) is 45.6 Å². The van der Waals surface area contributed by atoms with E-state index in [0.29, 0.717) is 18.6 Å². The number of halogens is 6. The Morgan fingerprint density at radius 1 is 1.00 bits per heavy atom. The maximum Gasteiger partial charge on any atom is 0.416 e. The van der Waals surface area contributed by atoms with Gasteiger partial charge in [0.05, 0.1) is 31.4 Å². The van der Waals surface area contributed by atoms with Gasteiger partial charge in [-0.2, -0.15) is 31.1 Å². The predicted molar refractivity (Wildman–Crippen MR) is 154 cm³/mol. The Labute approximate surface area is 252 Å². The van der Waals surface area contributed by atoms with Crippen LogP contribution in [0.2, 0.25) is 0 Å². The molecule has 1 heterocycles. The quantitative estimate of drug-likeness (QED) is 0.235. The van der Waals surface area contributed by atoms with E-state index in [4.69, 9.17) is 4.74 Å². The van der Waals surface area contributed by atoms with E-state index < -0.39 is 23.5 Å². The Bertz CT molecular complexity index is 1460. The molecule has 1 aliphatic carbocycles. The first kappa shape index (κ1) is 33.3. The maximum atomic E-state index is 13.7. The molecule has 1 aromatic heterocycles. The van der Waals surface area contributed by atoms with Crippen LogP contribution < -0.4 is 9.64 Å². The van der Waals surface area contributed by atoms with Crippen LogP contribution >= 0.6 is 0 Å². The van der Waals surface area contributed by atoms with E-state index in [0.717, 1.165) is 45.6 Å². The normalized spacial score (nSPS) is 15.7. The molecule has 44 heavy (non-hydrogen) atoms. The van der Waals surface area contributed by atoms with Crippen molar-refractivity contribution < 1.29 is 36.2 Å². The zero-order chi connectivity index (χ0) is 32.4. The summed E-state index contributed by atoms with van der Waals surface area (Å²) in [6.07, 6.45) is -7.78. The number of allylic oxidation sites excluding steroid dienone is 1. The standard InChI is InChI=1S/C31H37F6N5O2/c1-19(2)21-6-7-27(44-5)26(14-21)25-8-9-29(3,4)16-22(25)18-41(28-38-40-42(39-28)10-11-43)17-20-12-23(30(32,33)34)15-24(13-20)31(35,36)37/h6-7,12-15,19,43H,8-11,16-18H2,1-5H3. The van der Waals surface area contributed by atoms with Crippen LogP contribution in [0.1, 0.15) is 80.7 Å². The average molecular weight is 626 g/mol. The van der Waals surface area contributed by atoms with Gasteiger partial charge in [0.1, 0.15) is 5.75 Å². The summed E-state index contributed by atoms with van der Waals surface area (Å²) >= 11 is 0. The third-order valence-electron chi connectivity index (χ3n) is 7.81. The molecule has 0 saturated heterocycles. The Balaban J connectivity index is 1.86. The van der Waals surface area contributed by atoms with Crippen molar-refractivity contribution >= 4 is 11.5 Å². The number of alkyl halides is 6. The Kier molecular flexibility index (Phi) is 9.67. The van der Waals surface area contributed by atoms with Gasteiger partial charge in [-0.05, 0) is 88.4 Å². The third-order valence-corrected chi connectivity index (χ3v) is 7.81. The van der Waals surface area contributed by atoms with Gasteiger partial charge in [0.2, 0.25) is 0 Å². The van der Waals surface area contributed by atoms with Crippen LogP contribution in [0, 0.1) is 5.41 Å². The molecule has 1 aliphatic rings. The minimum Gasteiger partial charge on any atom is -0.496 e. The Morgan fingerprint density at radius 3 is 2.23 bits per heavy atom. The molecule has 0 fully saturated rings. The van der Waals surface area contributed by atoms with Crippen LogP contribution in [0.25, 0.3) is 5.57 Å². The number of hydrogen-bond acceptors (Lipinski definition) is 6. The molecule has 13 heteroatoms. The van der Waals surface area contributed by atoms with Gasteiger partial charge >= 0.3 is 12.4 Å². The first-order chi connectivity index (χ1) is 20.5. The minimum atomic E-state index is -4.98. The molecule has 7 nitrogen and oxygen atoms in total. The van der Waals surface area contributed by atoms with Crippen LogP contribution in [0.4, 0.5) is 32.3 Å². The fraction of sp³-hybridized carbons (Fsp3) is 0.516. The van der Waals surface area contributed by atoms with Crippen LogP contribution in [0.5, 0.6) is 5.75 Å². The summed E-state index contributed by atoms with van der Waals surface area (Å²) in [5.41, 5.74) is 0.850. The number of tetrazole rings is 1. The first-order valence-corrected chi connectivity index (χ1v) is 14.3. The minimum absolute atomic E-state index is 0.0162. The monoisotopic (exact) mass is 625 g/mol. The van der Waals surface area contributed by atoms with Gasteiger partial charge in [0.15, 0.2) is 0 Å². The summed E-state index contributed by atoms with van der Waals surface area (Å²) in [7, 11) is 1.59. The smallest absolute Gasteiger partial charge is 0.416 e. The molecule has 0 amide bonds. The first-order valence-electron chi connectivity index (χ1n) is 14.3. The third kappa shape index (κ3) is 7.91. The van der Waals surface area contributed by atoms with Gasteiger partial charge in [0, 0.05) is 18.7 Å². The van der Waals surface area contributed by atoms with Crippen LogP contribution in [0.15, 0.2) is 42.0 Å². The number of ether oxygens (including phenoxy) is 1. The number of aromatic nitrogens is 4. The molecule has 0 unspecified atom stereocenters. The number of nitrogens with zero attached hydrogens (tertiary/aromatic N) is 5. The zero-order valence-electron chi connectivity index (χ0n) is 25.4. The summed E-state index contributed by atoms with van der Waals surface area (Å²) in [5, 5.41) is 21.6. The highest BCUT2D eigenvalue weighted by molar-refractivity contribution is 5.75. The van der Waals surface area contributed by atoms with Crippen molar-refractivity contribution in [3.05, 3.63) is 69.8 Å². The molecule has 3 aromatic rings. The number of aliphatic hydroxyl groups excluding tert-OH is 1. The lowest BCUT2D eigenvalue weighted by Crippen LogP contribution is -2.31. The summed E-state index contributed by atoms with van der Waals surface area (Å²) in [5.74, 6) is 0.935. The number of methoxy groups -OCH3 is 1. The lowest BCUT2D eigenvalue weighted by molar-refractivity contribution is -0.143. The second-order valence-electron chi connectivity index (χ2n) is 12.2. The molecule has 1 N–H and O–H groups in total. The predicted octanol–water partition coefficient (Wildman–Crippen LogP) is 7.51. The fourth-order valence-corrected chi connectivity index (χ4v) is 5.51. The molecule has 0 aliphatic heterocycles. The number of benzene rings is 2. The molecule has 0 bridgehead atoms. The van der Waals surface area contributed by atoms with Crippen LogP contribution in [-0.2, 0) is 25.4 Å². The number of hydrogen-bond donors (Lipinski definition) is 1.